The van der Waals surface area contributed by atoms with E-state index >= 15 is 0 Å². The molecule has 0 saturated heterocycles. The topological polar surface area (TPSA) is 103 Å². The van der Waals surface area contributed by atoms with Gasteiger partial charge in [0.05, 0.1) is 17.8 Å². The van der Waals surface area contributed by atoms with Crippen LogP contribution in [0.2, 0.25) is 5.15 Å². The van der Waals surface area contributed by atoms with Gasteiger partial charge in [0, 0.05) is 25.4 Å². The zero-order valence-corrected chi connectivity index (χ0v) is 23.7. The van der Waals surface area contributed by atoms with E-state index < -0.39 is 27.3 Å². The van der Waals surface area contributed by atoms with Crippen molar-refractivity contribution in [1.82, 2.24) is 19.9 Å². The molecule has 1 fully saturated rings. The summed E-state index contributed by atoms with van der Waals surface area (Å²) in [6.07, 6.45) is 0.828. The molecule has 1 aliphatic rings. The van der Waals surface area contributed by atoms with Gasteiger partial charge in [0.15, 0.2) is 17.3 Å². The highest BCUT2D eigenvalue weighted by molar-refractivity contribution is 7.91. The number of carbonyl (C=O) groups is 1. The molecule has 0 radical (unpaired) electrons. The van der Waals surface area contributed by atoms with Crippen molar-refractivity contribution in [2.24, 2.45) is 11.3 Å². The molecule has 0 unspecified atom stereocenters. The summed E-state index contributed by atoms with van der Waals surface area (Å²) >= 11 is 6.59. The van der Waals surface area contributed by atoms with Crippen molar-refractivity contribution < 1.29 is 31.1 Å². The van der Waals surface area contributed by atoms with E-state index in [1.165, 1.54) is 30.2 Å². The number of aryl methyl sites for hydroxylation is 1. The van der Waals surface area contributed by atoms with Gasteiger partial charge in [-0.15, -0.1) is 0 Å². The first-order valence-electron chi connectivity index (χ1n) is 12.4. The minimum atomic E-state index is -4.39. The first-order valence-corrected chi connectivity index (χ1v) is 14.8. The number of halogens is 4. The maximum Gasteiger partial charge on any atom is 0.394 e. The van der Waals surface area contributed by atoms with E-state index in [9.17, 15) is 26.4 Å². The molecule has 0 spiro atoms. The van der Waals surface area contributed by atoms with Gasteiger partial charge in [-0.2, -0.15) is 13.2 Å². The van der Waals surface area contributed by atoms with Crippen molar-refractivity contribution >= 4 is 27.3 Å². The molecule has 0 bridgehead atoms. The standard InChI is InChI=1S/C25H34ClF3N4O4S/c1-6-19-32-20(23(34)31-13-15-7-9-17(10-8-15)38(5,35)36)21(26)33(19)22-18(37-4)11-16(14-30-22)12-24(2,3)25(27,28)29/h11,14-15,17H,6-10,12-13H2,1-5H3,(H,31,34)/t15-,17-. The van der Waals surface area contributed by atoms with Crippen LogP contribution in [-0.2, 0) is 22.7 Å². The van der Waals surface area contributed by atoms with Crippen molar-refractivity contribution in [2.75, 3.05) is 19.9 Å². The fraction of sp³-hybridized carbons (Fsp3) is 0.640. The number of aromatic nitrogens is 3. The number of carbonyl (C=O) groups excluding carboxylic acids is 1. The Labute approximate surface area is 226 Å². The highest BCUT2D eigenvalue weighted by Crippen LogP contribution is 2.41. The van der Waals surface area contributed by atoms with Crippen LogP contribution in [0.3, 0.4) is 0 Å². The van der Waals surface area contributed by atoms with Gasteiger partial charge in [0.25, 0.3) is 5.91 Å². The van der Waals surface area contributed by atoms with Gasteiger partial charge in [-0.25, -0.2) is 18.4 Å². The molecular formula is C25H34ClF3N4O4S. The van der Waals surface area contributed by atoms with Gasteiger partial charge < -0.3 is 10.1 Å². The SMILES string of the molecule is CCc1nc(C(=O)NC[C@H]2CC[C@H](S(C)(=O)=O)CC2)c(Cl)n1-c1ncc(CC(C)(C)C(F)(F)F)cc1OC. The Morgan fingerprint density at radius 1 is 1.24 bits per heavy atom. The van der Waals surface area contributed by atoms with Crippen molar-refractivity contribution in [1.29, 1.82) is 0 Å². The molecule has 212 valence electrons. The second-order valence-corrected chi connectivity index (χ2v) is 13.2. The summed E-state index contributed by atoms with van der Waals surface area (Å²) in [4.78, 5) is 21.7. The minimum Gasteiger partial charge on any atom is -0.493 e. The van der Waals surface area contributed by atoms with Gasteiger partial charge in [-0.3, -0.25) is 9.36 Å². The summed E-state index contributed by atoms with van der Waals surface area (Å²) in [6.45, 7) is 4.43. The van der Waals surface area contributed by atoms with Crippen LogP contribution in [0.25, 0.3) is 5.82 Å². The van der Waals surface area contributed by atoms with Crippen LogP contribution in [0, 0.1) is 11.3 Å². The molecule has 13 heteroatoms. The molecule has 2 aromatic heterocycles. The maximum atomic E-state index is 13.4. The number of rotatable bonds is 9. The van der Waals surface area contributed by atoms with E-state index in [-0.39, 0.29) is 40.0 Å². The molecule has 0 atom stereocenters. The lowest BCUT2D eigenvalue weighted by molar-refractivity contribution is -0.211. The molecule has 1 aliphatic carbocycles. The number of amides is 1. The summed E-state index contributed by atoms with van der Waals surface area (Å²) in [7, 11) is -1.69. The largest absolute Gasteiger partial charge is 0.493 e. The van der Waals surface area contributed by atoms with Crippen LogP contribution in [0.4, 0.5) is 13.2 Å². The summed E-state index contributed by atoms with van der Waals surface area (Å²) in [5, 5.41) is 2.53. The lowest BCUT2D eigenvalue weighted by atomic mass is 9.85. The van der Waals surface area contributed by atoms with Gasteiger partial charge in [-0.05, 0) is 49.7 Å². The van der Waals surface area contributed by atoms with E-state index in [0.29, 0.717) is 50.0 Å². The quantitative estimate of drug-likeness (QED) is 0.451. The van der Waals surface area contributed by atoms with Crippen molar-refractivity contribution in [3.63, 3.8) is 0 Å². The number of alkyl halides is 3. The summed E-state index contributed by atoms with van der Waals surface area (Å²) in [5.41, 5.74) is -1.62. The van der Waals surface area contributed by atoms with Gasteiger partial charge in [-0.1, -0.05) is 32.4 Å². The molecule has 0 aromatic carbocycles. The summed E-state index contributed by atoms with van der Waals surface area (Å²) in [6, 6.07) is 1.48. The second-order valence-electron chi connectivity index (χ2n) is 10.5. The number of nitrogens with one attached hydrogen (secondary N) is 1. The first-order chi connectivity index (χ1) is 17.6. The van der Waals surface area contributed by atoms with E-state index in [4.69, 9.17) is 16.3 Å². The number of sulfone groups is 1. The Morgan fingerprint density at radius 2 is 1.87 bits per heavy atom. The van der Waals surface area contributed by atoms with Crippen LogP contribution in [0.5, 0.6) is 5.75 Å². The number of nitrogens with zero attached hydrogens (tertiary/aromatic N) is 3. The Hall–Kier alpha value is -2.34. The number of hydrogen-bond donors (Lipinski definition) is 1. The smallest absolute Gasteiger partial charge is 0.394 e. The van der Waals surface area contributed by atoms with Crippen molar-refractivity contribution in [2.45, 2.75) is 70.7 Å². The fourth-order valence-electron chi connectivity index (χ4n) is 4.63. The van der Waals surface area contributed by atoms with Gasteiger partial charge in [0.2, 0.25) is 0 Å². The van der Waals surface area contributed by atoms with Crippen LogP contribution in [-0.4, -0.2) is 60.2 Å². The predicted octanol–water partition coefficient (Wildman–Crippen LogP) is 4.96. The highest BCUT2D eigenvalue weighted by atomic mass is 35.5. The number of hydrogen-bond acceptors (Lipinski definition) is 6. The van der Waals surface area contributed by atoms with Crippen LogP contribution >= 0.6 is 11.6 Å². The number of methoxy groups -OCH3 is 1. The first kappa shape index (κ1) is 30.2. The molecule has 2 aromatic rings. The average molecular weight is 579 g/mol. The van der Waals surface area contributed by atoms with Crippen molar-refractivity contribution in [3.8, 4) is 11.6 Å². The van der Waals surface area contributed by atoms with Crippen LogP contribution in [0.15, 0.2) is 12.3 Å². The third-order valence-electron chi connectivity index (χ3n) is 7.11. The predicted molar refractivity (Wildman–Crippen MR) is 139 cm³/mol. The minimum absolute atomic E-state index is 0.000488. The molecular weight excluding hydrogens is 545 g/mol. The second kappa shape index (κ2) is 11.4. The average Bonchev–Trinajstić information content (AvgIpc) is 3.17. The lowest BCUT2D eigenvalue weighted by Crippen LogP contribution is -2.34. The molecule has 1 N–H and O–H groups in total. The monoisotopic (exact) mass is 578 g/mol. The molecule has 1 saturated carbocycles. The summed E-state index contributed by atoms with van der Waals surface area (Å²) in [5.74, 6) is 0.524. The van der Waals surface area contributed by atoms with Gasteiger partial charge >= 0.3 is 6.18 Å². The van der Waals surface area contributed by atoms with E-state index in [2.05, 4.69) is 15.3 Å². The van der Waals surface area contributed by atoms with E-state index in [1.54, 1.807) is 0 Å². The Bertz CT molecular complexity index is 1270. The summed E-state index contributed by atoms with van der Waals surface area (Å²) < 4.78 is 70.6. The molecule has 0 aliphatic heterocycles. The molecule has 38 heavy (non-hydrogen) atoms. The Morgan fingerprint density at radius 3 is 2.39 bits per heavy atom. The molecule has 2 heterocycles. The maximum absolute atomic E-state index is 13.4. The normalized spacial score (nSPS) is 18.9. The lowest BCUT2D eigenvalue weighted by Gasteiger charge is -2.27. The van der Waals surface area contributed by atoms with Crippen molar-refractivity contribution in [3.05, 3.63) is 34.5 Å². The molecule has 8 nitrogen and oxygen atoms in total. The van der Waals surface area contributed by atoms with Crippen LogP contribution in [0.1, 0.15) is 68.3 Å². The number of pyridine rings is 1. The Kier molecular flexibility index (Phi) is 9.07. The third kappa shape index (κ3) is 6.62. The Balaban J connectivity index is 1.80. The molecule has 3 rings (SSSR count). The fourth-order valence-corrected chi connectivity index (χ4v) is 6.06. The zero-order chi connectivity index (χ0) is 28.5. The molecule has 1 amide bonds. The third-order valence-corrected chi connectivity index (χ3v) is 9.14. The van der Waals surface area contributed by atoms with E-state index in [0.717, 1.165) is 13.8 Å². The number of ether oxygens (including phenoxy) is 1. The number of imidazole rings is 1. The zero-order valence-electron chi connectivity index (χ0n) is 22.2. The van der Waals surface area contributed by atoms with Crippen LogP contribution < -0.4 is 10.1 Å². The van der Waals surface area contributed by atoms with Gasteiger partial charge in [0.1, 0.15) is 20.8 Å². The highest BCUT2D eigenvalue weighted by Gasteiger charge is 2.47. The van der Waals surface area contributed by atoms with E-state index in [1.807, 2.05) is 6.92 Å².